The summed E-state index contributed by atoms with van der Waals surface area (Å²) in [5, 5.41) is 4.26. The Hall–Kier alpha value is -1.19. The third kappa shape index (κ3) is 4.30. The zero-order valence-corrected chi connectivity index (χ0v) is 17.4. The van der Waals surface area contributed by atoms with Gasteiger partial charge in [-0.3, -0.25) is 0 Å². The van der Waals surface area contributed by atoms with Crippen LogP contribution in [-0.2, 0) is 14.8 Å². The van der Waals surface area contributed by atoms with Crippen LogP contribution in [-0.4, -0.2) is 39.1 Å². The lowest BCUT2D eigenvalue weighted by Gasteiger charge is -2.29. The van der Waals surface area contributed by atoms with Gasteiger partial charge in [-0.1, -0.05) is 0 Å². The smallest absolute Gasteiger partial charge is 0.348 e. The second-order valence-corrected chi connectivity index (χ2v) is 9.76. The number of esters is 1. The van der Waals surface area contributed by atoms with E-state index < -0.39 is 10.0 Å². The predicted octanol–water partition coefficient (Wildman–Crippen LogP) is 3.06. The van der Waals surface area contributed by atoms with Crippen molar-refractivity contribution in [2.24, 2.45) is 0 Å². The monoisotopic (exact) mass is 430 g/mol. The maximum absolute atomic E-state index is 12.8. The van der Waals surface area contributed by atoms with Gasteiger partial charge in [-0.05, 0) is 62.3 Å². The minimum Gasteiger partial charge on any atom is -0.462 e. The van der Waals surface area contributed by atoms with Gasteiger partial charge < -0.3 is 10.1 Å². The third-order valence-corrected chi connectivity index (χ3v) is 7.68. The van der Waals surface area contributed by atoms with E-state index in [1.807, 2.05) is 0 Å². The fourth-order valence-corrected chi connectivity index (χ4v) is 6.17. The molecule has 2 aliphatic heterocycles. The van der Waals surface area contributed by atoms with Crippen LogP contribution in [0.1, 0.15) is 42.3 Å². The molecule has 2 fully saturated rings. The molecule has 0 aliphatic carbocycles. The molecule has 2 saturated heterocycles. The highest BCUT2D eigenvalue weighted by molar-refractivity contribution is 7.89. The first kappa shape index (κ1) is 20.5. The van der Waals surface area contributed by atoms with Crippen molar-refractivity contribution < 1.29 is 17.9 Å². The van der Waals surface area contributed by atoms with E-state index in [0.29, 0.717) is 23.6 Å². The van der Waals surface area contributed by atoms with Crippen molar-refractivity contribution >= 4 is 49.8 Å². The number of carbonyl (C=O) groups is 1. The van der Waals surface area contributed by atoms with Crippen molar-refractivity contribution in [3.05, 3.63) is 29.1 Å². The topological polar surface area (TPSA) is 84.5 Å². The predicted molar refractivity (Wildman–Crippen MR) is 108 cm³/mol. The van der Waals surface area contributed by atoms with Gasteiger partial charge in [0, 0.05) is 22.8 Å². The molecule has 0 saturated carbocycles. The van der Waals surface area contributed by atoms with Crippen LogP contribution in [0.3, 0.4) is 0 Å². The zero-order valence-electron chi connectivity index (χ0n) is 14.9. The quantitative estimate of drug-likeness (QED) is 0.712. The number of nitrogens with one attached hydrogen (secondary N) is 2. The van der Waals surface area contributed by atoms with Crippen LogP contribution in [0.4, 0.5) is 0 Å². The number of ether oxygens (including phenoxy) is 1. The molecule has 1 aromatic carbocycles. The molecule has 0 amide bonds. The summed E-state index contributed by atoms with van der Waals surface area (Å²) in [5.74, 6) is -0.374. The lowest BCUT2D eigenvalue weighted by atomic mass is 10.0. The Labute approximate surface area is 169 Å². The minimum atomic E-state index is -3.58. The van der Waals surface area contributed by atoms with Crippen LogP contribution in [0.15, 0.2) is 29.2 Å². The average molecular weight is 431 g/mol. The van der Waals surface area contributed by atoms with Crippen molar-refractivity contribution in [2.45, 2.75) is 55.6 Å². The molecule has 0 spiro atoms. The maximum Gasteiger partial charge on any atom is 0.348 e. The van der Waals surface area contributed by atoms with Gasteiger partial charge in [-0.2, -0.15) is 0 Å². The molecule has 3 heterocycles. The number of fused-ring (bicyclic) bond motifs is 3. The van der Waals surface area contributed by atoms with Crippen LogP contribution in [0.5, 0.6) is 0 Å². The molecular formula is C18H23ClN2O4S2. The standard InChI is InChI=1S/C18H22N2O4S2.ClH/c1-2-24-18(21)17-8-11-7-15(5-6-16(11)25-17)26(22,23)20-14-9-12-3-4-13(10-14)19-12;/h5-8,12-14,19-20H,2-4,9-10H2,1H3;1H. The van der Waals surface area contributed by atoms with E-state index in [1.54, 1.807) is 31.2 Å². The Bertz CT molecular complexity index is 932. The molecular weight excluding hydrogens is 408 g/mol. The van der Waals surface area contributed by atoms with Gasteiger partial charge in [0.2, 0.25) is 10.0 Å². The summed E-state index contributed by atoms with van der Waals surface area (Å²) in [6.45, 7) is 2.07. The van der Waals surface area contributed by atoms with E-state index in [2.05, 4.69) is 10.0 Å². The van der Waals surface area contributed by atoms with E-state index >= 15 is 0 Å². The number of carbonyl (C=O) groups excluding carboxylic acids is 1. The van der Waals surface area contributed by atoms with Crippen molar-refractivity contribution in [1.29, 1.82) is 0 Å². The molecule has 4 rings (SSSR count). The summed E-state index contributed by atoms with van der Waals surface area (Å²) in [6.07, 6.45) is 3.92. The Morgan fingerprint density at radius 3 is 2.63 bits per heavy atom. The Morgan fingerprint density at radius 1 is 1.26 bits per heavy atom. The van der Waals surface area contributed by atoms with Crippen molar-refractivity contribution in [3.8, 4) is 0 Å². The summed E-state index contributed by atoms with van der Waals surface area (Å²) in [5.41, 5.74) is 0. The van der Waals surface area contributed by atoms with Crippen LogP contribution in [0, 0.1) is 0 Å². The first-order valence-corrected chi connectivity index (χ1v) is 11.2. The van der Waals surface area contributed by atoms with Gasteiger partial charge in [0.25, 0.3) is 0 Å². The van der Waals surface area contributed by atoms with Gasteiger partial charge in [0.1, 0.15) is 4.88 Å². The van der Waals surface area contributed by atoms with Gasteiger partial charge in [-0.15, -0.1) is 23.7 Å². The van der Waals surface area contributed by atoms with Crippen LogP contribution < -0.4 is 10.0 Å². The Kier molecular flexibility index (Phi) is 6.12. The SMILES string of the molecule is CCOC(=O)c1cc2cc(S(=O)(=O)NC3CC4CCC(C3)N4)ccc2s1.Cl. The minimum absolute atomic E-state index is 0. The lowest BCUT2D eigenvalue weighted by molar-refractivity contribution is 0.0532. The van der Waals surface area contributed by atoms with Crippen LogP contribution in [0.25, 0.3) is 10.1 Å². The first-order valence-electron chi connectivity index (χ1n) is 8.93. The fraction of sp³-hybridized carbons (Fsp3) is 0.500. The van der Waals surface area contributed by atoms with Gasteiger partial charge in [0.05, 0.1) is 11.5 Å². The number of halogens is 1. The molecule has 2 aliphatic rings. The summed E-state index contributed by atoms with van der Waals surface area (Å²) < 4.78 is 34.4. The van der Waals surface area contributed by atoms with E-state index in [1.165, 1.54) is 11.3 Å². The highest BCUT2D eigenvalue weighted by Gasteiger charge is 2.35. The van der Waals surface area contributed by atoms with E-state index in [0.717, 1.165) is 35.8 Å². The number of sulfonamides is 1. The van der Waals surface area contributed by atoms with Gasteiger partial charge >= 0.3 is 5.97 Å². The van der Waals surface area contributed by atoms with E-state index in [9.17, 15) is 13.2 Å². The number of thiophene rings is 1. The number of rotatable bonds is 5. The maximum atomic E-state index is 12.8. The van der Waals surface area contributed by atoms with Crippen molar-refractivity contribution in [2.75, 3.05) is 6.61 Å². The normalized spacial score (nSPS) is 24.6. The van der Waals surface area contributed by atoms with Crippen LogP contribution in [0.2, 0.25) is 0 Å². The molecule has 6 nitrogen and oxygen atoms in total. The average Bonchev–Trinajstić information content (AvgIpc) is 3.17. The molecule has 2 N–H and O–H groups in total. The second kappa shape index (κ2) is 8.05. The van der Waals surface area contributed by atoms with Crippen molar-refractivity contribution in [3.63, 3.8) is 0 Å². The Balaban J connectivity index is 0.00000210. The highest BCUT2D eigenvalue weighted by atomic mass is 35.5. The molecule has 1 aromatic heterocycles. The summed E-state index contributed by atoms with van der Waals surface area (Å²) in [7, 11) is -3.58. The number of hydrogen-bond acceptors (Lipinski definition) is 6. The highest BCUT2D eigenvalue weighted by Crippen LogP contribution is 2.30. The van der Waals surface area contributed by atoms with E-state index in [4.69, 9.17) is 4.74 Å². The summed E-state index contributed by atoms with van der Waals surface area (Å²) >= 11 is 1.31. The van der Waals surface area contributed by atoms with Crippen molar-refractivity contribution in [1.82, 2.24) is 10.0 Å². The Morgan fingerprint density at radius 2 is 1.96 bits per heavy atom. The lowest BCUT2D eigenvalue weighted by Crippen LogP contribution is -2.47. The molecule has 2 atom stereocenters. The first-order chi connectivity index (χ1) is 12.4. The number of benzene rings is 1. The molecule has 2 aromatic rings. The molecule has 2 bridgehead atoms. The summed E-state index contributed by atoms with van der Waals surface area (Å²) in [4.78, 5) is 12.6. The van der Waals surface area contributed by atoms with E-state index in [-0.39, 0.29) is 29.3 Å². The fourth-order valence-electron chi connectivity index (χ4n) is 3.93. The third-order valence-electron chi connectivity index (χ3n) is 5.07. The molecule has 148 valence electrons. The zero-order chi connectivity index (χ0) is 18.3. The van der Waals surface area contributed by atoms with Gasteiger partial charge in [-0.25, -0.2) is 17.9 Å². The van der Waals surface area contributed by atoms with Gasteiger partial charge in [0.15, 0.2) is 0 Å². The number of hydrogen-bond donors (Lipinski definition) is 2. The number of piperidine rings is 1. The summed E-state index contributed by atoms with van der Waals surface area (Å²) in [6, 6.07) is 7.51. The molecule has 2 unspecified atom stereocenters. The molecule has 9 heteroatoms. The molecule has 0 radical (unpaired) electrons. The largest absolute Gasteiger partial charge is 0.462 e. The van der Waals surface area contributed by atoms with Crippen LogP contribution >= 0.6 is 23.7 Å². The second-order valence-electron chi connectivity index (χ2n) is 6.96. The molecule has 27 heavy (non-hydrogen) atoms.